The molecule has 140 valence electrons. The van der Waals surface area contributed by atoms with Crippen molar-refractivity contribution in [2.24, 2.45) is 0 Å². The molecule has 1 fully saturated rings. The monoisotopic (exact) mass is 371 g/mol. The van der Waals surface area contributed by atoms with Crippen LogP contribution in [0.2, 0.25) is 0 Å². The van der Waals surface area contributed by atoms with Gasteiger partial charge >= 0.3 is 0 Å². The Labute approximate surface area is 162 Å². The van der Waals surface area contributed by atoms with Crippen LogP contribution in [0, 0.1) is 0 Å². The molecule has 0 saturated carbocycles. The van der Waals surface area contributed by atoms with E-state index in [0.717, 1.165) is 37.3 Å². The maximum Gasteiger partial charge on any atom is 0.257 e. The van der Waals surface area contributed by atoms with E-state index in [9.17, 15) is 4.79 Å². The molecule has 0 atom stereocenters. The molecule has 0 bridgehead atoms. The van der Waals surface area contributed by atoms with Crippen molar-refractivity contribution < 1.29 is 4.79 Å². The minimum Gasteiger partial charge on any atom is -0.346 e. The fraction of sp³-hybridized carbons (Fsp3) is 0.227. The van der Waals surface area contributed by atoms with Gasteiger partial charge in [0.25, 0.3) is 5.91 Å². The third-order valence-corrected chi connectivity index (χ3v) is 5.57. The molecule has 1 N–H and O–H groups in total. The van der Waals surface area contributed by atoms with Crippen LogP contribution in [0.15, 0.2) is 67.3 Å². The summed E-state index contributed by atoms with van der Waals surface area (Å²) in [4.78, 5) is 22.4. The zero-order chi connectivity index (χ0) is 18.9. The summed E-state index contributed by atoms with van der Waals surface area (Å²) in [5.41, 5.74) is 3.85. The first-order chi connectivity index (χ1) is 13.8. The van der Waals surface area contributed by atoms with Crippen molar-refractivity contribution in [3.05, 3.63) is 78.4 Å². The standard InChI is InChI=1S/C22H21N5O/c28-22(17-14-25-27(15-17)18-4-2-1-3-5-18)26-12-8-16(9-13-26)19-6-10-23-21-20(19)7-11-24-21/h1-7,10-11,14-16H,8-9,12-13H2,(H,23,24). The minimum absolute atomic E-state index is 0.0575. The number of aromatic nitrogens is 4. The second-order valence-corrected chi connectivity index (χ2v) is 7.22. The highest BCUT2D eigenvalue weighted by Gasteiger charge is 2.26. The quantitative estimate of drug-likeness (QED) is 0.596. The average molecular weight is 371 g/mol. The average Bonchev–Trinajstić information content (AvgIpc) is 3.43. The van der Waals surface area contributed by atoms with Gasteiger partial charge in [0.15, 0.2) is 0 Å². The van der Waals surface area contributed by atoms with E-state index in [-0.39, 0.29) is 5.91 Å². The van der Waals surface area contributed by atoms with Crippen LogP contribution in [0.3, 0.4) is 0 Å². The number of para-hydroxylation sites is 1. The fourth-order valence-electron chi connectivity index (χ4n) is 4.07. The first kappa shape index (κ1) is 16.7. The number of likely N-dealkylation sites (tertiary alicyclic amines) is 1. The van der Waals surface area contributed by atoms with Crippen molar-refractivity contribution >= 4 is 16.9 Å². The van der Waals surface area contributed by atoms with Crippen LogP contribution in [0.1, 0.15) is 34.7 Å². The number of benzene rings is 1. The van der Waals surface area contributed by atoms with E-state index >= 15 is 0 Å². The van der Waals surface area contributed by atoms with Gasteiger partial charge < -0.3 is 9.88 Å². The Balaban J connectivity index is 1.29. The molecule has 28 heavy (non-hydrogen) atoms. The molecule has 6 nitrogen and oxygen atoms in total. The van der Waals surface area contributed by atoms with Gasteiger partial charge in [0.2, 0.25) is 0 Å². The molecule has 0 radical (unpaired) electrons. The van der Waals surface area contributed by atoms with Crippen LogP contribution in [-0.4, -0.2) is 43.6 Å². The molecular weight excluding hydrogens is 350 g/mol. The number of carbonyl (C=O) groups is 1. The number of piperidine rings is 1. The fourth-order valence-corrected chi connectivity index (χ4v) is 4.07. The van der Waals surface area contributed by atoms with Crippen LogP contribution >= 0.6 is 0 Å². The lowest BCUT2D eigenvalue weighted by molar-refractivity contribution is 0.0713. The molecule has 0 spiro atoms. The Hall–Kier alpha value is -3.41. The highest BCUT2D eigenvalue weighted by molar-refractivity contribution is 5.94. The molecule has 0 aliphatic carbocycles. The number of carbonyl (C=O) groups excluding carboxylic acids is 1. The van der Waals surface area contributed by atoms with E-state index in [4.69, 9.17) is 0 Å². The maximum atomic E-state index is 12.9. The van der Waals surface area contributed by atoms with Crippen LogP contribution in [0.5, 0.6) is 0 Å². The summed E-state index contributed by atoms with van der Waals surface area (Å²) < 4.78 is 1.75. The first-order valence-corrected chi connectivity index (χ1v) is 9.61. The lowest BCUT2D eigenvalue weighted by Crippen LogP contribution is -2.37. The lowest BCUT2D eigenvalue weighted by Gasteiger charge is -2.32. The summed E-state index contributed by atoms with van der Waals surface area (Å²) in [5.74, 6) is 0.513. The molecule has 0 unspecified atom stereocenters. The largest absolute Gasteiger partial charge is 0.346 e. The predicted octanol–water partition coefficient (Wildman–Crippen LogP) is 3.77. The molecule has 1 aliphatic rings. The van der Waals surface area contributed by atoms with Gasteiger partial charge in [-0.05, 0) is 48.6 Å². The van der Waals surface area contributed by atoms with E-state index < -0.39 is 0 Å². The zero-order valence-corrected chi connectivity index (χ0v) is 15.5. The number of aromatic amines is 1. The van der Waals surface area contributed by atoms with E-state index in [0.29, 0.717) is 11.5 Å². The van der Waals surface area contributed by atoms with E-state index in [2.05, 4.69) is 27.2 Å². The van der Waals surface area contributed by atoms with Crippen molar-refractivity contribution in [3.63, 3.8) is 0 Å². The molecule has 1 aliphatic heterocycles. The van der Waals surface area contributed by atoms with E-state index in [1.165, 1.54) is 10.9 Å². The topological polar surface area (TPSA) is 66.8 Å². The van der Waals surface area contributed by atoms with Crippen LogP contribution in [-0.2, 0) is 0 Å². The number of nitrogens with zero attached hydrogens (tertiary/aromatic N) is 4. The second kappa shape index (κ2) is 6.96. The Morgan fingerprint density at radius 1 is 1.07 bits per heavy atom. The van der Waals surface area contributed by atoms with Crippen molar-refractivity contribution in [2.75, 3.05) is 13.1 Å². The van der Waals surface area contributed by atoms with Gasteiger partial charge in [0.1, 0.15) is 5.65 Å². The van der Waals surface area contributed by atoms with Gasteiger partial charge in [-0.1, -0.05) is 18.2 Å². The molecule has 5 rings (SSSR count). The molecule has 4 heterocycles. The number of amides is 1. The van der Waals surface area contributed by atoms with Crippen molar-refractivity contribution in [1.82, 2.24) is 24.6 Å². The van der Waals surface area contributed by atoms with Crippen LogP contribution in [0.4, 0.5) is 0 Å². The first-order valence-electron chi connectivity index (χ1n) is 9.61. The van der Waals surface area contributed by atoms with Gasteiger partial charge in [-0.3, -0.25) is 4.79 Å². The summed E-state index contributed by atoms with van der Waals surface area (Å²) in [7, 11) is 0. The van der Waals surface area contributed by atoms with E-state index in [1.54, 1.807) is 10.9 Å². The lowest BCUT2D eigenvalue weighted by atomic mass is 9.88. The molecule has 4 aromatic rings. The zero-order valence-electron chi connectivity index (χ0n) is 15.5. The number of hydrogen-bond donors (Lipinski definition) is 1. The molecule has 1 saturated heterocycles. The third-order valence-electron chi connectivity index (χ3n) is 5.57. The van der Waals surface area contributed by atoms with E-state index in [1.807, 2.05) is 53.8 Å². The van der Waals surface area contributed by atoms with Crippen LogP contribution in [0.25, 0.3) is 16.7 Å². The maximum absolute atomic E-state index is 12.9. The van der Waals surface area contributed by atoms with Gasteiger partial charge in [-0.15, -0.1) is 0 Å². The summed E-state index contributed by atoms with van der Waals surface area (Å²) in [6.45, 7) is 1.52. The number of H-pyrrole nitrogens is 1. The van der Waals surface area contributed by atoms with Crippen molar-refractivity contribution in [1.29, 1.82) is 0 Å². The number of pyridine rings is 1. The van der Waals surface area contributed by atoms with Gasteiger partial charge in [0.05, 0.1) is 17.4 Å². The van der Waals surface area contributed by atoms with Crippen molar-refractivity contribution in [3.8, 4) is 5.69 Å². The van der Waals surface area contributed by atoms with Crippen molar-refractivity contribution in [2.45, 2.75) is 18.8 Å². The number of rotatable bonds is 3. The summed E-state index contributed by atoms with van der Waals surface area (Å²) in [5, 5.41) is 5.54. The Morgan fingerprint density at radius 3 is 2.71 bits per heavy atom. The molecule has 1 aromatic carbocycles. The number of fused-ring (bicyclic) bond motifs is 1. The summed E-state index contributed by atoms with van der Waals surface area (Å²) in [6.07, 6.45) is 9.20. The highest BCUT2D eigenvalue weighted by Crippen LogP contribution is 2.32. The highest BCUT2D eigenvalue weighted by atomic mass is 16.2. The Kier molecular flexibility index (Phi) is 4.16. The number of hydrogen-bond acceptors (Lipinski definition) is 3. The predicted molar refractivity (Wildman–Crippen MR) is 108 cm³/mol. The van der Waals surface area contributed by atoms with Gasteiger partial charge in [-0.25, -0.2) is 9.67 Å². The smallest absolute Gasteiger partial charge is 0.257 e. The summed E-state index contributed by atoms with van der Waals surface area (Å²) in [6, 6.07) is 14.0. The Bertz CT molecular complexity index is 1110. The van der Waals surface area contributed by atoms with Gasteiger partial charge in [-0.2, -0.15) is 5.10 Å². The summed E-state index contributed by atoms with van der Waals surface area (Å²) >= 11 is 0. The second-order valence-electron chi connectivity index (χ2n) is 7.22. The van der Waals surface area contributed by atoms with Gasteiger partial charge in [0, 0.05) is 37.1 Å². The SMILES string of the molecule is O=C(c1cnn(-c2ccccc2)c1)N1CCC(c2ccnc3[nH]ccc23)CC1. The third kappa shape index (κ3) is 2.97. The Morgan fingerprint density at radius 2 is 1.89 bits per heavy atom. The molecule has 6 heteroatoms. The van der Waals surface area contributed by atoms with Crippen LogP contribution < -0.4 is 0 Å². The molecular formula is C22H21N5O. The molecule has 3 aromatic heterocycles. The normalized spacial score (nSPS) is 15.2. The minimum atomic E-state index is 0.0575. The molecule has 1 amide bonds. The number of nitrogens with one attached hydrogen (secondary N) is 1.